The molecule has 0 atom stereocenters. The molecule has 0 unspecified atom stereocenters. The number of halogens is 1. The summed E-state index contributed by atoms with van der Waals surface area (Å²) in [4.78, 5) is 8.35. The van der Waals surface area contributed by atoms with Crippen molar-refractivity contribution >= 4 is 38.8 Å². The van der Waals surface area contributed by atoms with Crippen molar-refractivity contribution in [3.63, 3.8) is 0 Å². The molecule has 3 aromatic rings. The van der Waals surface area contributed by atoms with E-state index in [1.165, 1.54) is 0 Å². The summed E-state index contributed by atoms with van der Waals surface area (Å²) in [6, 6.07) is 7.84. The van der Waals surface area contributed by atoms with Gasteiger partial charge >= 0.3 is 0 Å². The van der Waals surface area contributed by atoms with Gasteiger partial charge < -0.3 is 5.32 Å². The van der Waals surface area contributed by atoms with Gasteiger partial charge in [0.05, 0.1) is 20.9 Å². The molecule has 2 heterocycles. The molecule has 1 aromatic carbocycles. The first-order chi connectivity index (χ1) is 8.84. The number of fused-ring (bicyclic) bond motifs is 1. The zero-order chi connectivity index (χ0) is 12.4. The second-order valence-corrected chi connectivity index (χ2v) is 5.12. The van der Waals surface area contributed by atoms with Gasteiger partial charge in [0, 0.05) is 18.9 Å². The Morgan fingerprint density at radius 1 is 1.17 bits per heavy atom. The zero-order valence-corrected chi connectivity index (χ0v) is 11.0. The molecule has 1 N–H and O–H groups in total. The Morgan fingerprint density at radius 2 is 2.00 bits per heavy atom. The number of pyridine rings is 1. The van der Waals surface area contributed by atoms with E-state index < -0.39 is 0 Å². The number of rotatable bonds is 3. The van der Waals surface area contributed by atoms with Crippen molar-refractivity contribution in [3.8, 4) is 0 Å². The van der Waals surface area contributed by atoms with Crippen molar-refractivity contribution in [2.75, 3.05) is 5.32 Å². The molecule has 5 heteroatoms. The lowest BCUT2D eigenvalue weighted by molar-refractivity contribution is 1.13. The average Bonchev–Trinajstić information content (AvgIpc) is 2.87. The van der Waals surface area contributed by atoms with Crippen molar-refractivity contribution in [1.29, 1.82) is 0 Å². The predicted octanol–water partition coefficient (Wildman–Crippen LogP) is 3.96. The zero-order valence-electron chi connectivity index (χ0n) is 9.43. The number of aromatic nitrogens is 2. The van der Waals surface area contributed by atoms with Gasteiger partial charge in [0.2, 0.25) is 0 Å². The summed E-state index contributed by atoms with van der Waals surface area (Å²) in [6.45, 7) is 0.707. The molecule has 18 heavy (non-hydrogen) atoms. The van der Waals surface area contributed by atoms with Crippen LogP contribution >= 0.6 is 22.9 Å². The molecule has 0 saturated heterocycles. The smallest absolute Gasteiger partial charge is 0.106 e. The Bertz CT molecular complexity index is 666. The molecule has 0 aliphatic carbocycles. The molecule has 0 aliphatic rings. The third-order valence-corrected chi connectivity index (χ3v) is 3.78. The van der Waals surface area contributed by atoms with Crippen LogP contribution in [0.4, 0.5) is 5.69 Å². The van der Waals surface area contributed by atoms with Crippen LogP contribution in [-0.2, 0) is 6.54 Å². The van der Waals surface area contributed by atoms with Crippen LogP contribution in [0, 0.1) is 0 Å². The van der Waals surface area contributed by atoms with Gasteiger partial charge in [-0.25, -0.2) is 4.98 Å². The molecule has 0 amide bonds. The summed E-state index contributed by atoms with van der Waals surface area (Å²) < 4.78 is 1.14. The minimum absolute atomic E-state index is 0.697. The third kappa shape index (κ3) is 2.17. The van der Waals surface area contributed by atoms with Gasteiger partial charge in [-0.2, -0.15) is 0 Å². The Labute approximate surface area is 113 Å². The molecular weight excluding hydrogens is 266 g/mol. The summed E-state index contributed by atoms with van der Waals surface area (Å²) in [6.07, 6.45) is 3.56. The van der Waals surface area contributed by atoms with Crippen molar-refractivity contribution < 1.29 is 0 Å². The van der Waals surface area contributed by atoms with Crippen LogP contribution < -0.4 is 5.32 Å². The van der Waals surface area contributed by atoms with E-state index in [9.17, 15) is 0 Å². The molecule has 90 valence electrons. The first-order valence-corrected chi connectivity index (χ1v) is 6.75. The summed E-state index contributed by atoms with van der Waals surface area (Å²) in [5, 5.41) is 4.04. The number of hydrogen-bond acceptors (Lipinski definition) is 4. The lowest BCUT2D eigenvalue weighted by Gasteiger charge is -2.09. The van der Waals surface area contributed by atoms with E-state index in [1.807, 2.05) is 29.8 Å². The van der Waals surface area contributed by atoms with Crippen molar-refractivity contribution in [2.24, 2.45) is 0 Å². The van der Waals surface area contributed by atoms with Crippen LogP contribution in [0.5, 0.6) is 0 Å². The molecule has 0 spiro atoms. The van der Waals surface area contributed by atoms with Crippen LogP contribution in [0.15, 0.2) is 42.2 Å². The number of nitrogens with one attached hydrogen (secondary N) is 1. The second-order valence-electron chi connectivity index (χ2n) is 3.83. The van der Waals surface area contributed by atoms with E-state index >= 15 is 0 Å². The van der Waals surface area contributed by atoms with E-state index in [0.717, 1.165) is 21.5 Å². The standard InChI is InChI=1S/C13H10ClN3S/c14-10-1-2-11-13(17-8-18-11)12(10)16-7-9-3-5-15-6-4-9/h1-6,8,16H,7H2. The van der Waals surface area contributed by atoms with E-state index in [2.05, 4.69) is 15.3 Å². The van der Waals surface area contributed by atoms with Crippen LogP contribution in [0.3, 0.4) is 0 Å². The summed E-state index contributed by atoms with van der Waals surface area (Å²) in [5.74, 6) is 0. The number of anilines is 1. The van der Waals surface area contributed by atoms with Gasteiger partial charge in [0.1, 0.15) is 5.52 Å². The number of benzene rings is 1. The summed E-state index contributed by atoms with van der Waals surface area (Å²) >= 11 is 7.83. The van der Waals surface area contributed by atoms with Gasteiger partial charge in [-0.15, -0.1) is 11.3 Å². The Kier molecular flexibility index (Phi) is 3.13. The molecular formula is C13H10ClN3S. The van der Waals surface area contributed by atoms with Crippen molar-refractivity contribution in [3.05, 3.63) is 52.8 Å². The maximum Gasteiger partial charge on any atom is 0.106 e. The minimum Gasteiger partial charge on any atom is -0.378 e. The highest BCUT2D eigenvalue weighted by Gasteiger charge is 2.08. The van der Waals surface area contributed by atoms with E-state index in [1.54, 1.807) is 23.7 Å². The molecule has 0 bridgehead atoms. The molecule has 0 saturated carbocycles. The summed E-state index contributed by atoms with van der Waals surface area (Å²) in [5.41, 5.74) is 4.82. The van der Waals surface area contributed by atoms with Crippen molar-refractivity contribution in [2.45, 2.75) is 6.54 Å². The predicted molar refractivity (Wildman–Crippen MR) is 76.2 cm³/mol. The SMILES string of the molecule is Clc1ccc2scnc2c1NCc1ccncc1. The van der Waals surface area contributed by atoms with Crippen LogP contribution in [0.25, 0.3) is 10.2 Å². The molecule has 0 aliphatic heterocycles. The van der Waals surface area contributed by atoms with Crippen LogP contribution in [0.1, 0.15) is 5.56 Å². The third-order valence-electron chi connectivity index (χ3n) is 2.67. The average molecular weight is 276 g/mol. The fraction of sp³-hybridized carbons (Fsp3) is 0.0769. The molecule has 0 radical (unpaired) electrons. The lowest BCUT2D eigenvalue weighted by Crippen LogP contribution is -2.00. The molecule has 0 fully saturated rings. The first-order valence-electron chi connectivity index (χ1n) is 5.49. The maximum atomic E-state index is 6.22. The Morgan fingerprint density at radius 3 is 2.83 bits per heavy atom. The van der Waals surface area contributed by atoms with Crippen molar-refractivity contribution in [1.82, 2.24) is 9.97 Å². The fourth-order valence-corrected chi connectivity index (χ4v) is 2.67. The topological polar surface area (TPSA) is 37.8 Å². The van der Waals surface area contributed by atoms with Crippen LogP contribution in [-0.4, -0.2) is 9.97 Å². The Hall–Kier alpha value is -1.65. The quantitative estimate of drug-likeness (QED) is 0.786. The Balaban J connectivity index is 1.90. The number of thiazole rings is 1. The largest absolute Gasteiger partial charge is 0.378 e. The minimum atomic E-state index is 0.697. The monoisotopic (exact) mass is 275 g/mol. The van der Waals surface area contributed by atoms with E-state index in [4.69, 9.17) is 11.6 Å². The van der Waals surface area contributed by atoms with Crippen LogP contribution in [0.2, 0.25) is 5.02 Å². The van der Waals surface area contributed by atoms with Gasteiger partial charge in [0.25, 0.3) is 0 Å². The van der Waals surface area contributed by atoms with Gasteiger partial charge in [-0.3, -0.25) is 4.98 Å². The normalized spacial score (nSPS) is 10.7. The van der Waals surface area contributed by atoms with Gasteiger partial charge in [0.15, 0.2) is 0 Å². The number of nitrogens with zero attached hydrogens (tertiary/aromatic N) is 2. The van der Waals surface area contributed by atoms with Gasteiger partial charge in [-0.1, -0.05) is 11.6 Å². The fourth-order valence-electron chi connectivity index (χ4n) is 1.77. The van der Waals surface area contributed by atoms with E-state index in [0.29, 0.717) is 11.6 Å². The first kappa shape index (κ1) is 11.4. The lowest BCUT2D eigenvalue weighted by atomic mass is 10.2. The molecule has 3 rings (SSSR count). The summed E-state index contributed by atoms with van der Waals surface area (Å²) in [7, 11) is 0. The highest BCUT2D eigenvalue weighted by Crippen LogP contribution is 2.32. The highest BCUT2D eigenvalue weighted by atomic mass is 35.5. The molecule has 2 aromatic heterocycles. The van der Waals surface area contributed by atoms with E-state index in [-0.39, 0.29) is 0 Å². The van der Waals surface area contributed by atoms with Gasteiger partial charge in [-0.05, 0) is 29.8 Å². The maximum absolute atomic E-state index is 6.22. The number of hydrogen-bond donors (Lipinski definition) is 1. The highest BCUT2D eigenvalue weighted by molar-refractivity contribution is 7.16. The molecule has 3 nitrogen and oxygen atoms in total. The second kappa shape index (κ2) is 4.92.